The summed E-state index contributed by atoms with van der Waals surface area (Å²) in [5, 5.41) is 0. The molecule has 0 bridgehead atoms. The van der Waals surface area contributed by atoms with E-state index in [1.54, 1.807) is 6.26 Å². The average Bonchev–Trinajstić information content (AvgIpc) is 2.84. The fourth-order valence-electron chi connectivity index (χ4n) is 1.29. The molecule has 1 fully saturated rings. The van der Waals surface area contributed by atoms with Crippen LogP contribution in [0.5, 0.6) is 0 Å². The Hall–Kier alpha value is -0.800. The summed E-state index contributed by atoms with van der Waals surface area (Å²) < 4.78 is 10.7. The second-order valence-corrected chi connectivity index (χ2v) is 3.53. The summed E-state index contributed by atoms with van der Waals surface area (Å²) in [5.41, 5.74) is 6.58. The molecule has 0 aliphatic heterocycles. The molecule has 0 unspecified atom stereocenters. The summed E-state index contributed by atoms with van der Waals surface area (Å²) in [7, 11) is 0. The smallest absolute Gasteiger partial charge is 0.122 e. The molecule has 0 radical (unpaired) electrons. The topological polar surface area (TPSA) is 48.4 Å². The van der Waals surface area contributed by atoms with Crippen LogP contribution in [0.4, 0.5) is 0 Å². The molecule has 1 aliphatic rings. The van der Waals surface area contributed by atoms with Gasteiger partial charge in [0.15, 0.2) is 0 Å². The molecule has 1 aliphatic carbocycles. The highest BCUT2D eigenvalue weighted by Crippen LogP contribution is 2.29. The van der Waals surface area contributed by atoms with Gasteiger partial charge in [-0.05, 0) is 24.8 Å². The zero-order valence-electron chi connectivity index (χ0n) is 7.66. The van der Waals surface area contributed by atoms with Crippen LogP contribution >= 0.6 is 0 Å². The third-order valence-corrected chi connectivity index (χ3v) is 2.33. The summed E-state index contributed by atoms with van der Waals surface area (Å²) in [6.45, 7) is 1.98. The van der Waals surface area contributed by atoms with Crippen molar-refractivity contribution in [3.63, 3.8) is 0 Å². The first-order valence-corrected chi connectivity index (χ1v) is 4.73. The number of hydrogen-bond donors (Lipinski definition) is 1. The predicted octanol–water partition coefficient (Wildman–Crippen LogP) is 1.66. The Balaban J connectivity index is 1.78. The minimum Gasteiger partial charge on any atom is -0.468 e. The molecule has 0 saturated heterocycles. The van der Waals surface area contributed by atoms with Crippen LogP contribution in [0.25, 0.3) is 0 Å². The lowest BCUT2D eigenvalue weighted by molar-refractivity contribution is 0.110. The van der Waals surface area contributed by atoms with Gasteiger partial charge in [-0.2, -0.15) is 0 Å². The van der Waals surface area contributed by atoms with E-state index in [2.05, 4.69) is 0 Å². The summed E-state index contributed by atoms with van der Waals surface area (Å²) in [5.74, 6) is 1.66. The second kappa shape index (κ2) is 3.94. The summed E-state index contributed by atoms with van der Waals surface area (Å²) in [6, 6.07) is 1.93. The van der Waals surface area contributed by atoms with Crippen molar-refractivity contribution in [2.75, 3.05) is 6.61 Å². The number of furan rings is 1. The van der Waals surface area contributed by atoms with E-state index in [1.165, 1.54) is 12.8 Å². The third-order valence-electron chi connectivity index (χ3n) is 2.33. The van der Waals surface area contributed by atoms with Crippen molar-refractivity contribution in [3.8, 4) is 0 Å². The molecule has 0 spiro atoms. The maximum atomic E-state index is 5.53. The Labute approximate surface area is 77.9 Å². The van der Waals surface area contributed by atoms with Crippen molar-refractivity contribution in [2.24, 2.45) is 11.7 Å². The number of hydrogen-bond acceptors (Lipinski definition) is 3. The molecule has 2 N–H and O–H groups in total. The first-order chi connectivity index (χ1) is 6.40. The van der Waals surface area contributed by atoms with Crippen molar-refractivity contribution >= 4 is 0 Å². The van der Waals surface area contributed by atoms with Crippen LogP contribution in [0.3, 0.4) is 0 Å². The van der Waals surface area contributed by atoms with Crippen molar-refractivity contribution in [1.82, 2.24) is 0 Å². The zero-order chi connectivity index (χ0) is 9.10. The maximum absolute atomic E-state index is 5.53. The monoisotopic (exact) mass is 181 g/mol. The lowest BCUT2D eigenvalue weighted by atomic mass is 10.2. The lowest BCUT2D eigenvalue weighted by Crippen LogP contribution is -2.01. The molecule has 0 atom stereocenters. The van der Waals surface area contributed by atoms with Gasteiger partial charge in [0, 0.05) is 12.2 Å². The molecule has 2 rings (SSSR count). The Kier molecular flexibility index (Phi) is 2.66. The van der Waals surface area contributed by atoms with E-state index in [0.29, 0.717) is 13.2 Å². The van der Waals surface area contributed by atoms with Crippen molar-refractivity contribution < 1.29 is 9.15 Å². The minimum atomic E-state index is 0.453. The first-order valence-electron chi connectivity index (χ1n) is 4.73. The van der Waals surface area contributed by atoms with E-state index in [1.807, 2.05) is 6.07 Å². The molecule has 72 valence electrons. The highest BCUT2D eigenvalue weighted by molar-refractivity contribution is 5.15. The van der Waals surface area contributed by atoms with E-state index in [-0.39, 0.29) is 0 Å². The van der Waals surface area contributed by atoms with E-state index < -0.39 is 0 Å². The predicted molar refractivity (Wildman–Crippen MR) is 49.0 cm³/mol. The van der Waals surface area contributed by atoms with Crippen LogP contribution in [0.2, 0.25) is 0 Å². The maximum Gasteiger partial charge on any atom is 0.122 e. The average molecular weight is 181 g/mol. The van der Waals surface area contributed by atoms with Crippen molar-refractivity contribution in [1.29, 1.82) is 0 Å². The van der Waals surface area contributed by atoms with Gasteiger partial charge < -0.3 is 14.9 Å². The highest BCUT2D eigenvalue weighted by atomic mass is 16.5. The summed E-state index contributed by atoms with van der Waals surface area (Å²) in [6.07, 6.45) is 4.32. The van der Waals surface area contributed by atoms with Gasteiger partial charge in [0.25, 0.3) is 0 Å². The van der Waals surface area contributed by atoms with Gasteiger partial charge in [0.1, 0.15) is 5.76 Å². The third kappa shape index (κ3) is 2.32. The number of ether oxygens (including phenoxy) is 1. The normalized spacial score (nSPS) is 16.4. The molecule has 13 heavy (non-hydrogen) atoms. The number of nitrogens with two attached hydrogens (primary N) is 1. The molecular weight excluding hydrogens is 166 g/mol. The molecule has 1 aromatic heterocycles. The Morgan fingerprint density at radius 3 is 3.08 bits per heavy atom. The van der Waals surface area contributed by atoms with Gasteiger partial charge in [-0.25, -0.2) is 0 Å². The van der Waals surface area contributed by atoms with E-state index in [0.717, 1.165) is 23.8 Å². The molecule has 1 saturated carbocycles. The Morgan fingerprint density at radius 2 is 2.38 bits per heavy atom. The Bertz CT molecular complexity index is 266. The fraction of sp³-hybridized carbons (Fsp3) is 0.600. The molecule has 0 amide bonds. The fourth-order valence-corrected chi connectivity index (χ4v) is 1.29. The van der Waals surface area contributed by atoms with Crippen LogP contribution < -0.4 is 5.73 Å². The minimum absolute atomic E-state index is 0.453. The van der Waals surface area contributed by atoms with Crippen LogP contribution in [-0.4, -0.2) is 6.61 Å². The van der Waals surface area contributed by atoms with Gasteiger partial charge in [-0.1, -0.05) is 0 Å². The standard InChI is InChI=1S/C10H15NO2/c11-5-10-9(3-4-13-10)7-12-6-8-1-2-8/h3-4,8H,1-2,5-7,11H2. The molecule has 1 aromatic rings. The van der Waals surface area contributed by atoms with Crippen molar-refractivity contribution in [3.05, 3.63) is 23.7 Å². The Morgan fingerprint density at radius 1 is 1.54 bits per heavy atom. The largest absolute Gasteiger partial charge is 0.468 e. The summed E-state index contributed by atoms with van der Waals surface area (Å²) in [4.78, 5) is 0. The van der Waals surface area contributed by atoms with E-state index in [9.17, 15) is 0 Å². The number of rotatable bonds is 5. The molecule has 3 nitrogen and oxygen atoms in total. The SMILES string of the molecule is NCc1occc1COCC1CC1. The van der Waals surface area contributed by atoms with E-state index in [4.69, 9.17) is 14.9 Å². The quantitative estimate of drug-likeness (QED) is 0.751. The molecular formula is C10H15NO2. The van der Waals surface area contributed by atoms with E-state index >= 15 is 0 Å². The van der Waals surface area contributed by atoms with Crippen LogP contribution in [0.1, 0.15) is 24.2 Å². The van der Waals surface area contributed by atoms with Gasteiger partial charge in [-0.15, -0.1) is 0 Å². The second-order valence-electron chi connectivity index (χ2n) is 3.53. The van der Waals surface area contributed by atoms with Gasteiger partial charge in [-0.3, -0.25) is 0 Å². The lowest BCUT2D eigenvalue weighted by Gasteiger charge is -2.01. The highest BCUT2D eigenvalue weighted by Gasteiger charge is 2.21. The first kappa shape index (κ1) is 8.78. The molecule has 1 heterocycles. The van der Waals surface area contributed by atoms with Gasteiger partial charge in [0.2, 0.25) is 0 Å². The van der Waals surface area contributed by atoms with Crippen LogP contribution in [0, 0.1) is 5.92 Å². The van der Waals surface area contributed by atoms with Crippen LogP contribution in [0.15, 0.2) is 16.7 Å². The van der Waals surface area contributed by atoms with Gasteiger partial charge >= 0.3 is 0 Å². The molecule has 0 aromatic carbocycles. The summed E-state index contributed by atoms with van der Waals surface area (Å²) >= 11 is 0. The zero-order valence-corrected chi connectivity index (χ0v) is 7.66. The molecule has 3 heteroatoms. The van der Waals surface area contributed by atoms with Gasteiger partial charge in [0.05, 0.1) is 19.4 Å². The van der Waals surface area contributed by atoms with Crippen LogP contribution in [-0.2, 0) is 17.9 Å². The van der Waals surface area contributed by atoms with Crippen molar-refractivity contribution in [2.45, 2.75) is 26.0 Å².